The number of amides is 3. The lowest BCUT2D eigenvalue weighted by molar-refractivity contribution is -0.154. The van der Waals surface area contributed by atoms with E-state index in [1.807, 2.05) is 26.0 Å². The number of anilines is 4. The molecule has 5 N–H and O–H groups in total. The van der Waals surface area contributed by atoms with Crippen molar-refractivity contribution in [2.24, 2.45) is 12.5 Å². The average molecular weight is 765 g/mol. The topological polar surface area (TPSA) is 177 Å². The van der Waals surface area contributed by atoms with Gasteiger partial charge in [-0.3, -0.25) is 19.1 Å². The minimum atomic E-state index is -4.61. The molecule has 1 aliphatic rings. The minimum absolute atomic E-state index is 0.00943. The molecule has 0 radical (unpaired) electrons. The van der Waals surface area contributed by atoms with Gasteiger partial charge < -0.3 is 31.3 Å². The van der Waals surface area contributed by atoms with E-state index in [2.05, 4.69) is 46.6 Å². The van der Waals surface area contributed by atoms with Gasteiger partial charge in [-0.25, -0.2) is 0 Å². The van der Waals surface area contributed by atoms with Gasteiger partial charge >= 0.3 is 24.0 Å². The fraction of sp³-hybridized carbons (Fsp3) is 0.306. The summed E-state index contributed by atoms with van der Waals surface area (Å²) in [7, 11) is 1.77. The standard InChI is InChI=1S/C36H36ClF3N10O4/c1-34(2,19-42-29(52)30(53)44-26-13-6-22-17-43-50(3)27(22)16-26)18-41-28(51)21-4-11-25(12-5-21)45-31-46-32(48-33(47-31)54-20-36(38,39)40)49-35(14-15-35)23-7-9-24(37)10-8-23/h4-13,16-17H,14-15,18-20H2,1-3H3,(H,41,51)(H,42,52)(H,44,53)(H2,45,46,47,48,49). The van der Waals surface area contributed by atoms with Crippen LogP contribution in [0.3, 0.4) is 0 Å². The summed E-state index contributed by atoms with van der Waals surface area (Å²) in [5.74, 6) is -2.12. The van der Waals surface area contributed by atoms with E-state index >= 15 is 0 Å². The molecule has 2 aromatic heterocycles. The Bertz CT molecular complexity index is 2170. The highest BCUT2D eigenvalue weighted by molar-refractivity contribution is 6.39. The number of carbonyl (C=O) groups excluding carboxylic acids is 3. The molecule has 5 aromatic rings. The molecule has 18 heteroatoms. The lowest BCUT2D eigenvalue weighted by Crippen LogP contribution is -2.44. The zero-order valence-corrected chi connectivity index (χ0v) is 30.1. The fourth-order valence-corrected chi connectivity index (χ4v) is 5.53. The van der Waals surface area contributed by atoms with Crippen LogP contribution in [0.2, 0.25) is 5.02 Å². The van der Waals surface area contributed by atoms with Crippen molar-refractivity contribution in [3.63, 3.8) is 0 Å². The Morgan fingerprint density at radius 1 is 0.870 bits per heavy atom. The van der Waals surface area contributed by atoms with E-state index in [9.17, 15) is 27.6 Å². The number of carbonyl (C=O) groups is 3. The summed E-state index contributed by atoms with van der Waals surface area (Å²) < 4.78 is 45.3. The molecule has 0 spiro atoms. The van der Waals surface area contributed by atoms with E-state index in [0.717, 1.165) is 29.3 Å². The number of alkyl halides is 3. The first kappa shape index (κ1) is 37.8. The van der Waals surface area contributed by atoms with Gasteiger partial charge in [-0.05, 0) is 78.4 Å². The van der Waals surface area contributed by atoms with Crippen molar-refractivity contribution in [1.29, 1.82) is 0 Å². The van der Waals surface area contributed by atoms with Crippen LogP contribution in [-0.2, 0) is 22.2 Å². The van der Waals surface area contributed by atoms with Gasteiger partial charge in [0.1, 0.15) is 0 Å². The van der Waals surface area contributed by atoms with Crippen LogP contribution in [0.25, 0.3) is 10.9 Å². The summed E-state index contributed by atoms with van der Waals surface area (Å²) in [6.45, 7) is 2.32. The van der Waals surface area contributed by atoms with Crippen LogP contribution in [0.1, 0.15) is 42.6 Å². The summed E-state index contributed by atoms with van der Waals surface area (Å²) in [5.41, 5.74) is 1.77. The highest BCUT2D eigenvalue weighted by Crippen LogP contribution is 2.48. The molecule has 3 amide bonds. The lowest BCUT2D eigenvalue weighted by Gasteiger charge is -2.25. The second-order valence-corrected chi connectivity index (χ2v) is 14.0. The first-order valence-electron chi connectivity index (χ1n) is 16.7. The summed E-state index contributed by atoms with van der Waals surface area (Å²) in [5, 5.41) is 19.8. The SMILES string of the molecule is Cn1ncc2ccc(NC(=O)C(=O)NCC(C)(C)CNC(=O)c3ccc(Nc4nc(NC5(c6ccc(Cl)cc6)CC5)nc(OCC(F)(F)F)n4)cc3)cc21. The molecule has 0 bridgehead atoms. The number of nitrogens with zero attached hydrogens (tertiary/aromatic N) is 5. The van der Waals surface area contributed by atoms with Crippen LogP contribution in [-0.4, -0.2) is 68.3 Å². The van der Waals surface area contributed by atoms with Crippen LogP contribution >= 0.6 is 11.6 Å². The number of aryl methyl sites for hydroxylation is 1. The highest BCUT2D eigenvalue weighted by atomic mass is 35.5. The third kappa shape index (κ3) is 9.71. The molecule has 0 saturated heterocycles. The monoisotopic (exact) mass is 764 g/mol. The van der Waals surface area contributed by atoms with Gasteiger partial charge in [0.25, 0.3) is 5.91 Å². The molecular formula is C36H36ClF3N10O4. The molecular weight excluding hydrogens is 729 g/mol. The largest absolute Gasteiger partial charge is 0.454 e. The van der Waals surface area contributed by atoms with Gasteiger partial charge in [0.15, 0.2) is 6.61 Å². The third-order valence-corrected chi connectivity index (χ3v) is 8.80. The van der Waals surface area contributed by atoms with Gasteiger partial charge in [0, 0.05) is 47.5 Å². The van der Waals surface area contributed by atoms with Crippen LogP contribution in [0.15, 0.2) is 72.9 Å². The fourth-order valence-electron chi connectivity index (χ4n) is 5.40. The molecule has 1 saturated carbocycles. The zero-order chi connectivity index (χ0) is 38.7. The van der Waals surface area contributed by atoms with Gasteiger partial charge in [-0.2, -0.15) is 33.2 Å². The van der Waals surface area contributed by atoms with E-state index in [4.69, 9.17) is 16.3 Å². The number of benzene rings is 3. The maximum Gasteiger partial charge on any atom is 0.422 e. The summed E-state index contributed by atoms with van der Waals surface area (Å²) >= 11 is 6.04. The number of halogens is 4. The molecule has 14 nitrogen and oxygen atoms in total. The lowest BCUT2D eigenvalue weighted by atomic mass is 9.93. The zero-order valence-electron chi connectivity index (χ0n) is 29.3. The Balaban J connectivity index is 1.03. The molecule has 1 fully saturated rings. The number of hydrogen-bond donors (Lipinski definition) is 5. The number of nitrogens with one attached hydrogen (secondary N) is 5. The van der Waals surface area contributed by atoms with Crippen molar-refractivity contribution in [3.05, 3.63) is 89.1 Å². The van der Waals surface area contributed by atoms with Crippen molar-refractivity contribution in [2.75, 3.05) is 35.6 Å². The second kappa shape index (κ2) is 15.2. The molecule has 0 aliphatic heterocycles. The van der Waals surface area contributed by atoms with E-state index in [1.54, 1.807) is 72.5 Å². The number of aromatic nitrogens is 5. The first-order valence-corrected chi connectivity index (χ1v) is 17.1. The predicted octanol–water partition coefficient (Wildman–Crippen LogP) is 5.71. The van der Waals surface area contributed by atoms with Gasteiger partial charge in [0.2, 0.25) is 11.9 Å². The van der Waals surface area contributed by atoms with Crippen molar-refractivity contribution in [1.82, 2.24) is 35.4 Å². The molecule has 0 unspecified atom stereocenters. The first-order chi connectivity index (χ1) is 25.6. The molecule has 6 rings (SSSR count). The van der Waals surface area contributed by atoms with Crippen molar-refractivity contribution < 1.29 is 32.3 Å². The Morgan fingerprint density at radius 3 is 2.22 bits per heavy atom. The van der Waals surface area contributed by atoms with Crippen molar-refractivity contribution >= 4 is 63.5 Å². The van der Waals surface area contributed by atoms with Crippen molar-refractivity contribution in [2.45, 2.75) is 38.4 Å². The second-order valence-electron chi connectivity index (χ2n) is 13.6. The number of fused-ring (bicyclic) bond motifs is 1. The van der Waals surface area contributed by atoms with Gasteiger partial charge in [-0.1, -0.05) is 37.6 Å². The maximum absolute atomic E-state index is 13.0. The van der Waals surface area contributed by atoms with Crippen LogP contribution < -0.4 is 31.3 Å². The number of ether oxygens (including phenoxy) is 1. The smallest absolute Gasteiger partial charge is 0.422 e. The summed E-state index contributed by atoms with van der Waals surface area (Å²) in [4.78, 5) is 50.5. The Hall–Kier alpha value is -5.97. The predicted molar refractivity (Wildman–Crippen MR) is 196 cm³/mol. The van der Waals surface area contributed by atoms with Crippen molar-refractivity contribution in [3.8, 4) is 6.01 Å². The van der Waals surface area contributed by atoms with E-state index < -0.39 is 47.5 Å². The van der Waals surface area contributed by atoms with E-state index in [0.29, 0.717) is 22.0 Å². The number of hydrogen-bond acceptors (Lipinski definition) is 10. The molecule has 54 heavy (non-hydrogen) atoms. The van der Waals surface area contributed by atoms with Gasteiger partial charge in [0.05, 0.1) is 17.3 Å². The molecule has 2 heterocycles. The van der Waals surface area contributed by atoms with Gasteiger partial charge in [-0.15, -0.1) is 0 Å². The third-order valence-electron chi connectivity index (χ3n) is 8.55. The molecule has 282 valence electrons. The summed E-state index contributed by atoms with van der Waals surface area (Å²) in [6, 6.07) is 18.1. The van der Waals surface area contributed by atoms with E-state index in [1.165, 1.54) is 0 Å². The molecule has 0 atom stereocenters. The Labute approximate surface area is 312 Å². The normalized spacial score (nSPS) is 13.5. The minimum Gasteiger partial charge on any atom is -0.454 e. The van der Waals surface area contributed by atoms with Crippen LogP contribution in [0, 0.1) is 5.41 Å². The quantitative estimate of drug-likeness (QED) is 0.0934. The average Bonchev–Trinajstić information content (AvgIpc) is 3.82. The Kier molecular flexibility index (Phi) is 10.6. The molecule has 3 aromatic carbocycles. The maximum atomic E-state index is 13.0. The highest BCUT2D eigenvalue weighted by Gasteiger charge is 2.45. The van der Waals surface area contributed by atoms with Crippen LogP contribution in [0.5, 0.6) is 6.01 Å². The molecule has 1 aliphatic carbocycles. The van der Waals surface area contributed by atoms with E-state index in [-0.39, 0.29) is 25.0 Å². The summed E-state index contributed by atoms with van der Waals surface area (Å²) in [6.07, 6.45) is -1.44. The number of rotatable bonds is 13. The Morgan fingerprint density at radius 2 is 1.54 bits per heavy atom. The van der Waals surface area contributed by atoms with Crippen LogP contribution in [0.4, 0.5) is 36.4 Å².